The van der Waals surface area contributed by atoms with Crippen molar-refractivity contribution in [1.82, 2.24) is 15.5 Å². The summed E-state index contributed by atoms with van der Waals surface area (Å²) in [6, 6.07) is 0. The molecular formula is C18H39N3OS. The highest BCUT2D eigenvalue weighted by Gasteiger charge is 2.20. The molecule has 0 bridgehead atoms. The second-order valence-electron chi connectivity index (χ2n) is 7.11. The van der Waals surface area contributed by atoms with Crippen LogP contribution in [0.5, 0.6) is 0 Å². The number of likely N-dealkylation sites (N-methyl/N-ethyl adjacent to an activating group) is 1. The number of hydrogen-bond acceptors (Lipinski definition) is 4. The van der Waals surface area contributed by atoms with Gasteiger partial charge >= 0.3 is 0 Å². The van der Waals surface area contributed by atoms with Crippen molar-refractivity contribution in [3.63, 3.8) is 0 Å². The van der Waals surface area contributed by atoms with Crippen molar-refractivity contribution in [1.29, 1.82) is 0 Å². The number of nitrogens with zero attached hydrogens (tertiary/aromatic N) is 1. The highest BCUT2D eigenvalue weighted by molar-refractivity contribution is 8.01. The third-order valence-corrected chi connectivity index (χ3v) is 5.43. The van der Waals surface area contributed by atoms with E-state index in [9.17, 15) is 4.79 Å². The lowest BCUT2D eigenvalue weighted by Crippen LogP contribution is -2.37. The summed E-state index contributed by atoms with van der Waals surface area (Å²) < 4.78 is 0.184. The number of rotatable bonds is 14. The Bertz CT molecular complexity index is 305. The number of carbonyl (C=O) groups is 1. The van der Waals surface area contributed by atoms with Gasteiger partial charge in [0.25, 0.3) is 0 Å². The van der Waals surface area contributed by atoms with Crippen molar-refractivity contribution in [3.8, 4) is 0 Å². The first-order valence-corrected chi connectivity index (χ1v) is 10.1. The predicted molar refractivity (Wildman–Crippen MR) is 104 cm³/mol. The Kier molecular flexibility index (Phi) is 12.9. The maximum atomic E-state index is 11.9. The van der Waals surface area contributed by atoms with Gasteiger partial charge in [-0.1, -0.05) is 41.5 Å². The Morgan fingerprint density at radius 1 is 1.13 bits per heavy atom. The van der Waals surface area contributed by atoms with Gasteiger partial charge in [-0.05, 0) is 31.8 Å². The largest absolute Gasteiger partial charge is 0.354 e. The number of carbonyl (C=O) groups excluding carboxylic acids is 1. The van der Waals surface area contributed by atoms with Crippen molar-refractivity contribution in [2.45, 2.75) is 59.1 Å². The predicted octanol–water partition coefficient (Wildman–Crippen LogP) is 2.98. The molecule has 0 unspecified atom stereocenters. The van der Waals surface area contributed by atoms with Gasteiger partial charge in [0.05, 0.1) is 5.75 Å². The minimum absolute atomic E-state index is 0.151. The van der Waals surface area contributed by atoms with Crippen molar-refractivity contribution < 1.29 is 4.79 Å². The third-order valence-electron chi connectivity index (χ3n) is 4.04. The molecule has 0 spiro atoms. The van der Waals surface area contributed by atoms with Gasteiger partial charge in [0, 0.05) is 30.9 Å². The van der Waals surface area contributed by atoms with Crippen LogP contribution in [-0.2, 0) is 4.79 Å². The quantitative estimate of drug-likeness (QED) is 0.475. The molecule has 0 atom stereocenters. The van der Waals surface area contributed by atoms with Gasteiger partial charge in [-0.2, -0.15) is 0 Å². The lowest BCUT2D eigenvalue weighted by atomic mass is 10.0. The molecule has 4 nitrogen and oxygen atoms in total. The van der Waals surface area contributed by atoms with Crippen molar-refractivity contribution in [2.75, 3.05) is 45.0 Å². The first-order chi connectivity index (χ1) is 10.8. The topological polar surface area (TPSA) is 44.4 Å². The first-order valence-electron chi connectivity index (χ1n) is 9.14. The average molecular weight is 346 g/mol. The SMILES string of the molecule is CCN(CC)CCNCCNC(=O)CSC(C)(C)CCC(C)C. The Morgan fingerprint density at radius 3 is 2.35 bits per heavy atom. The van der Waals surface area contributed by atoms with Crippen LogP contribution in [0.3, 0.4) is 0 Å². The zero-order chi connectivity index (χ0) is 17.7. The molecule has 0 aromatic carbocycles. The molecule has 1 amide bonds. The summed E-state index contributed by atoms with van der Waals surface area (Å²) in [4.78, 5) is 14.3. The molecule has 0 rings (SSSR count). The summed E-state index contributed by atoms with van der Waals surface area (Å²) in [6.07, 6.45) is 2.38. The highest BCUT2D eigenvalue weighted by atomic mass is 32.2. The number of hydrogen-bond donors (Lipinski definition) is 2. The lowest BCUT2D eigenvalue weighted by molar-refractivity contribution is -0.118. The molecule has 0 aliphatic rings. The first kappa shape index (κ1) is 22.7. The average Bonchev–Trinajstić information content (AvgIpc) is 2.50. The molecule has 0 saturated carbocycles. The second kappa shape index (κ2) is 13.1. The minimum Gasteiger partial charge on any atom is -0.354 e. The van der Waals surface area contributed by atoms with Crippen LogP contribution in [0.15, 0.2) is 0 Å². The van der Waals surface area contributed by atoms with E-state index in [1.807, 2.05) is 0 Å². The van der Waals surface area contributed by atoms with E-state index in [0.29, 0.717) is 12.3 Å². The fraction of sp³-hybridized carbons (Fsp3) is 0.944. The number of amides is 1. The van der Waals surface area contributed by atoms with Gasteiger partial charge < -0.3 is 15.5 Å². The van der Waals surface area contributed by atoms with Crippen LogP contribution in [0.1, 0.15) is 54.4 Å². The zero-order valence-corrected chi connectivity index (χ0v) is 17.0. The van der Waals surface area contributed by atoms with Crippen molar-refractivity contribution in [2.24, 2.45) is 5.92 Å². The standard InChI is InChI=1S/C18H39N3OS/c1-7-21(8-2)14-13-19-11-12-20-17(22)15-23-18(5,6)10-9-16(3)4/h16,19H,7-15H2,1-6H3,(H,20,22). The molecule has 0 heterocycles. The fourth-order valence-corrected chi connectivity index (χ4v) is 3.10. The van der Waals surface area contributed by atoms with E-state index >= 15 is 0 Å². The molecule has 0 aromatic heterocycles. The van der Waals surface area contributed by atoms with Crippen molar-refractivity contribution in [3.05, 3.63) is 0 Å². The molecule has 2 N–H and O–H groups in total. The van der Waals surface area contributed by atoms with Gasteiger partial charge in [0.15, 0.2) is 0 Å². The Hall–Kier alpha value is -0.260. The van der Waals surface area contributed by atoms with E-state index in [1.165, 1.54) is 6.42 Å². The van der Waals surface area contributed by atoms with Crippen LogP contribution < -0.4 is 10.6 Å². The van der Waals surface area contributed by atoms with Crippen LogP contribution in [0.25, 0.3) is 0 Å². The van der Waals surface area contributed by atoms with Gasteiger partial charge in [-0.15, -0.1) is 11.8 Å². The van der Waals surface area contributed by atoms with Crippen molar-refractivity contribution >= 4 is 17.7 Å². The molecule has 5 heteroatoms. The molecule has 0 aliphatic carbocycles. The maximum Gasteiger partial charge on any atom is 0.230 e. The molecule has 0 fully saturated rings. The molecule has 23 heavy (non-hydrogen) atoms. The van der Waals surface area contributed by atoms with Crippen LogP contribution in [0.4, 0.5) is 0 Å². The van der Waals surface area contributed by atoms with E-state index in [0.717, 1.165) is 45.1 Å². The summed E-state index contributed by atoms with van der Waals surface area (Å²) in [5.74, 6) is 1.44. The van der Waals surface area contributed by atoms with Gasteiger partial charge in [0.1, 0.15) is 0 Å². The van der Waals surface area contributed by atoms with E-state index in [4.69, 9.17) is 0 Å². The van der Waals surface area contributed by atoms with Crippen LogP contribution in [0.2, 0.25) is 0 Å². The van der Waals surface area contributed by atoms with E-state index in [2.05, 4.69) is 57.1 Å². The van der Waals surface area contributed by atoms with Gasteiger partial charge in [0.2, 0.25) is 5.91 Å². The number of thioether (sulfide) groups is 1. The highest BCUT2D eigenvalue weighted by Crippen LogP contribution is 2.30. The summed E-state index contributed by atoms with van der Waals surface area (Å²) in [7, 11) is 0. The van der Waals surface area contributed by atoms with Gasteiger partial charge in [-0.3, -0.25) is 4.79 Å². The molecule has 138 valence electrons. The summed E-state index contributed by atoms with van der Waals surface area (Å²) in [5.41, 5.74) is 0. The smallest absolute Gasteiger partial charge is 0.230 e. The molecule has 0 aromatic rings. The normalized spacial score (nSPS) is 12.2. The van der Waals surface area contributed by atoms with E-state index in [-0.39, 0.29) is 10.7 Å². The van der Waals surface area contributed by atoms with E-state index < -0.39 is 0 Å². The number of nitrogens with one attached hydrogen (secondary N) is 2. The monoisotopic (exact) mass is 345 g/mol. The second-order valence-corrected chi connectivity index (χ2v) is 8.79. The minimum atomic E-state index is 0.151. The Labute approximate surface area is 148 Å². The lowest BCUT2D eigenvalue weighted by Gasteiger charge is -2.24. The molecule has 0 radical (unpaired) electrons. The molecule has 0 aliphatic heterocycles. The van der Waals surface area contributed by atoms with Crippen LogP contribution >= 0.6 is 11.8 Å². The Morgan fingerprint density at radius 2 is 1.78 bits per heavy atom. The zero-order valence-electron chi connectivity index (χ0n) is 16.2. The summed E-state index contributed by atoms with van der Waals surface area (Å²) in [5, 5.41) is 6.38. The van der Waals surface area contributed by atoms with Crippen LogP contribution in [-0.4, -0.2) is 60.6 Å². The molecule has 0 saturated heterocycles. The van der Waals surface area contributed by atoms with E-state index in [1.54, 1.807) is 11.8 Å². The maximum absolute atomic E-state index is 11.9. The third kappa shape index (κ3) is 13.8. The van der Waals surface area contributed by atoms with Gasteiger partial charge in [-0.25, -0.2) is 0 Å². The fourth-order valence-electron chi connectivity index (χ4n) is 2.21. The Balaban J connectivity index is 3.64. The summed E-state index contributed by atoms with van der Waals surface area (Å²) in [6.45, 7) is 19.1. The van der Waals surface area contributed by atoms with Crippen LogP contribution in [0, 0.1) is 5.92 Å². The summed E-state index contributed by atoms with van der Waals surface area (Å²) >= 11 is 1.77. The molecular weight excluding hydrogens is 306 g/mol.